The summed E-state index contributed by atoms with van der Waals surface area (Å²) in [6.07, 6.45) is 3.39. The Hall–Kier alpha value is -1.46. The average Bonchev–Trinajstić information content (AvgIpc) is 3.23. The molecule has 1 fully saturated rings. The van der Waals surface area contributed by atoms with Crippen molar-refractivity contribution in [1.29, 1.82) is 0 Å². The second-order valence-corrected chi connectivity index (χ2v) is 6.49. The Balaban J connectivity index is 1.48. The van der Waals surface area contributed by atoms with Crippen LogP contribution in [0.15, 0.2) is 24.3 Å². The first-order valence-electron chi connectivity index (χ1n) is 7.27. The number of aromatic nitrogens is 1. The monoisotopic (exact) mass is 306 g/mol. The smallest absolute Gasteiger partial charge is 0.123 e. The number of benzene rings is 1. The molecule has 3 nitrogen and oxygen atoms in total. The van der Waals surface area contributed by atoms with Crippen LogP contribution < -0.4 is 10.1 Å². The molecule has 2 aromatic rings. The van der Waals surface area contributed by atoms with Crippen LogP contribution >= 0.6 is 11.3 Å². The number of ether oxygens (including phenoxy) is 1. The van der Waals surface area contributed by atoms with Gasteiger partial charge in [0.25, 0.3) is 0 Å². The molecule has 0 saturated heterocycles. The highest BCUT2D eigenvalue weighted by Crippen LogP contribution is 2.23. The summed E-state index contributed by atoms with van der Waals surface area (Å²) in [5.74, 6) is 0.450. The molecule has 112 valence electrons. The number of nitrogens with one attached hydrogen (secondary N) is 1. The van der Waals surface area contributed by atoms with E-state index < -0.39 is 0 Å². The molecule has 21 heavy (non-hydrogen) atoms. The summed E-state index contributed by atoms with van der Waals surface area (Å²) in [5, 5.41) is 4.62. The molecule has 0 amide bonds. The van der Waals surface area contributed by atoms with Crippen LogP contribution in [0.5, 0.6) is 5.75 Å². The van der Waals surface area contributed by atoms with Gasteiger partial charge in [-0.15, -0.1) is 11.3 Å². The lowest BCUT2D eigenvalue weighted by Crippen LogP contribution is -2.14. The molecule has 1 heterocycles. The van der Waals surface area contributed by atoms with E-state index in [-0.39, 0.29) is 5.82 Å². The highest BCUT2D eigenvalue weighted by Gasteiger charge is 2.21. The predicted molar refractivity (Wildman–Crippen MR) is 82.3 cm³/mol. The Bertz CT molecular complexity index is 593. The molecule has 0 radical (unpaired) electrons. The summed E-state index contributed by atoms with van der Waals surface area (Å²) in [5.41, 5.74) is 1.12. The van der Waals surface area contributed by atoms with Crippen molar-refractivity contribution >= 4 is 11.3 Å². The maximum atomic E-state index is 12.8. The lowest BCUT2D eigenvalue weighted by molar-refractivity contribution is 0.321. The van der Waals surface area contributed by atoms with E-state index in [9.17, 15) is 4.39 Å². The molecule has 0 atom stereocenters. The van der Waals surface area contributed by atoms with Gasteiger partial charge in [-0.1, -0.05) is 0 Å². The molecule has 0 spiro atoms. The zero-order chi connectivity index (χ0) is 14.7. The zero-order valence-corrected chi connectivity index (χ0v) is 12.9. The standard InChI is InChI=1S/C16H19FN2OS/c1-11-15(10-18-13-4-5-13)21-16(19-11)8-9-20-14-6-2-12(17)3-7-14/h2-3,6-7,13,18H,4-5,8-10H2,1H3. The van der Waals surface area contributed by atoms with E-state index in [1.807, 2.05) is 0 Å². The van der Waals surface area contributed by atoms with E-state index >= 15 is 0 Å². The fourth-order valence-corrected chi connectivity index (χ4v) is 3.07. The fourth-order valence-electron chi connectivity index (χ4n) is 2.07. The topological polar surface area (TPSA) is 34.1 Å². The van der Waals surface area contributed by atoms with E-state index in [0.29, 0.717) is 12.4 Å². The highest BCUT2D eigenvalue weighted by molar-refractivity contribution is 7.11. The van der Waals surface area contributed by atoms with E-state index in [4.69, 9.17) is 4.74 Å². The molecule has 1 aliphatic carbocycles. The highest BCUT2D eigenvalue weighted by atomic mass is 32.1. The van der Waals surface area contributed by atoms with E-state index in [0.717, 1.165) is 29.7 Å². The zero-order valence-electron chi connectivity index (χ0n) is 12.1. The van der Waals surface area contributed by atoms with Gasteiger partial charge in [0.15, 0.2) is 0 Å². The number of halogens is 1. The van der Waals surface area contributed by atoms with Crippen LogP contribution in [0.25, 0.3) is 0 Å². The SMILES string of the molecule is Cc1nc(CCOc2ccc(F)cc2)sc1CNC1CC1. The molecule has 1 N–H and O–H groups in total. The van der Waals surface area contributed by atoms with Gasteiger partial charge < -0.3 is 10.1 Å². The second-order valence-electron chi connectivity index (χ2n) is 5.32. The first-order chi connectivity index (χ1) is 10.2. The third-order valence-electron chi connectivity index (χ3n) is 3.46. The molecule has 0 unspecified atom stereocenters. The number of thiazole rings is 1. The Morgan fingerprint density at radius 3 is 2.81 bits per heavy atom. The third-order valence-corrected chi connectivity index (χ3v) is 4.68. The van der Waals surface area contributed by atoms with Crippen LogP contribution in [0.4, 0.5) is 4.39 Å². The van der Waals surface area contributed by atoms with Crippen LogP contribution in [0, 0.1) is 12.7 Å². The van der Waals surface area contributed by atoms with E-state index in [1.165, 1.54) is 29.9 Å². The van der Waals surface area contributed by atoms with Gasteiger partial charge in [0.1, 0.15) is 11.6 Å². The molecule has 0 bridgehead atoms. The van der Waals surface area contributed by atoms with Crippen molar-refractivity contribution in [3.63, 3.8) is 0 Å². The minimum Gasteiger partial charge on any atom is -0.493 e. The Labute approximate surface area is 128 Å². The summed E-state index contributed by atoms with van der Waals surface area (Å²) in [4.78, 5) is 5.91. The van der Waals surface area contributed by atoms with Crippen molar-refractivity contribution in [2.24, 2.45) is 0 Å². The number of rotatable bonds is 7. The summed E-state index contributed by atoms with van der Waals surface area (Å²) in [6.45, 7) is 3.55. The summed E-state index contributed by atoms with van der Waals surface area (Å²) in [7, 11) is 0. The molecule has 1 aromatic carbocycles. The van der Waals surface area contributed by atoms with Crippen molar-refractivity contribution in [1.82, 2.24) is 10.3 Å². The molecule has 0 aliphatic heterocycles. The Morgan fingerprint density at radius 1 is 1.33 bits per heavy atom. The van der Waals surface area contributed by atoms with E-state index in [1.54, 1.807) is 23.5 Å². The first kappa shape index (κ1) is 14.5. The largest absolute Gasteiger partial charge is 0.493 e. The van der Waals surface area contributed by atoms with Gasteiger partial charge in [-0.3, -0.25) is 0 Å². The van der Waals surface area contributed by atoms with Crippen LogP contribution in [-0.2, 0) is 13.0 Å². The Morgan fingerprint density at radius 2 is 2.10 bits per heavy atom. The van der Waals surface area contributed by atoms with Crippen molar-refractivity contribution in [3.8, 4) is 5.75 Å². The lowest BCUT2D eigenvalue weighted by atomic mass is 10.3. The molecular formula is C16H19FN2OS. The summed E-state index contributed by atoms with van der Waals surface area (Å²) >= 11 is 1.75. The molecular weight excluding hydrogens is 287 g/mol. The van der Waals surface area contributed by atoms with Gasteiger partial charge in [0.2, 0.25) is 0 Å². The van der Waals surface area contributed by atoms with Crippen LogP contribution in [0.3, 0.4) is 0 Å². The minimum absolute atomic E-state index is 0.245. The maximum absolute atomic E-state index is 12.8. The van der Waals surface area contributed by atoms with Gasteiger partial charge in [-0.2, -0.15) is 0 Å². The van der Waals surface area contributed by atoms with Crippen molar-refractivity contribution in [2.75, 3.05) is 6.61 Å². The molecule has 1 aromatic heterocycles. The average molecular weight is 306 g/mol. The van der Waals surface area contributed by atoms with Gasteiger partial charge in [-0.05, 0) is 44.0 Å². The molecule has 5 heteroatoms. The lowest BCUT2D eigenvalue weighted by Gasteiger charge is -2.04. The first-order valence-corrected chi connectivity index (χ1v) is 8.09. The van der Waals surface area contributed by atoms with Crippen molar-refractivity contribution < 1.29 is 9.13 Å². The second kappa shape index (κ2) is 6.54. The van der Waals surface area contributed by atoms with Crippen LogP contribution in [-0.4, -0.2) is 17.6 Å². The van der Waals surface area contributed by atoms with Gasteiger partial charge in [0.05, 0.1) is 17.3 Å². The minimum atomic E-state index is -0.245. The van der Waals surface area contributed by atoms with Gasteiger partial charge in [-0.25, -0.2) is 9.37 Å². The molecule has 1 saturated carbocycles. The number of nitrogens with zero attached hydrogens (tertiary/aromatic N) is 1. The third kappa shape index (κ3) is 4.25. The van der Waals surface area contributed by atoms with Gasteiger partial charge in [0, 0.05) is 23.9 Å². The van der Waals surface area contributed by atoms with Crippen molar-refractivity contribution in [3.05, 3.63) is 45.7 Å². The summed E-state index contributed by atoms with van der Waals surface area (Å²) in [6, 6.07) is 6.83. The normalized spacial score (nSPS) is 14.4. The van der Waals surface area contributed by atoms with E-state index in [2.05, 4.69) is 17.2 Å². The summed E-state index contributed by atoms with van der Waals surface area (Å²) < 4.78 is 18.4. The maximum Gasteiger partial charge on any atom is 0.123 e. The molecule has 3 rings (SSSR count). The number of hydrogen-bond acceptors (Lipinski definition) is 4. The number of aryl methyl sites for hydroxylation is 1. The molecule has 1 aliphatic rings. The fraction of sp³-hybridized carbons (Fsp3) is 0.438. The van der Waals surface area contributed by atoms with Gasteiger partial charge >= 0.3 is 0 Å². The Kier molecular flexibility index (Phi) is 4.51. The predicted octanol–water partition coefficient (Wildman–Crippen LogP) is 3.46. The van der Waals surface area contributed by atoms with Crippen LogP contribution in [0.1, 0.15) is 28.4 Å². The quantitative estimate of drug-likeness (QED) is 0.850. The van der Waals surface area contributed by atoms with Crippen molar-refractivity contribution in [2.45, 2.75) is 38.8 Å². The van der Waals surface area contributed by atoms with Crippen LogP contribution in [0.2, 0.25) is 0 Å². The number of hydrogen-bond donors (Lipinski definition) is 1.